The van der Waals surface area contributed by atoms with Crippen molar-refractivity contribution in [1.82, 2.24) is 24.8 Å². The largest absolute Gasteiger partial charge is 0.477 e. The van der Waals surface area contributed by atoms with Gasteiger partial charge in [-0.05, 0) is 31.0 Å². The van der Waals surface area contributed by atoms with Crippen molar-refractivity contribution in [2.24, 2.45) is 5.92 Å². The Morgan fingerprint density at radius 2 is 2.22 bits per heavy atom. The maximum atomic E-state index is 5.80. The summed E-state index contributed by atoms with van der Waals surface area (Å²) in [5, 5.41) is 12.4. The van der Waals surface area contributed by atoms with Crippen LogP contribution in [-0.4, -0.2) is 44.5 Å². The van der Waals surface area contributed by atoms with Gasteiger partial charge in [0.1, 0.15) is 12.1 Å². The van der Waals surface area contributed by atoms with Crippen LogP contribution in [0.25, 0.3) is 5.65 Å². The van der Waals surface area contributed by atoms with Gasteiger partial charge in [-0.1, -0.05) is 6.07 Å². The Balaban J connectivity index is 1.42. The lowest BCUT2D eigenvalue weighted by Gasteiger charge is -2.33. The van der Waals surface area contributed by atoms with Gasteiger partial charge in [-0.2, -0.15) is 4.52 Å². The maximum absolute atomic E-state index is 5.80. The van der Waals surface area contributed by atoms with E-state index < -0.39 is 0 Å². The fourth-order valence-corrected chi connectivity index (χ4v) is 2.93. The Morgan fingerprint density at radius 1 is 1.22 bits per heavy atom. The average molecular weight is 310 g/mol. The molecule has 1 atom stereocenters. The second-order valence-electron chi connectivity index (χ2n) is 5.76. The fourth-order valence-electron chi connectivity index (χ4n) is 2.93. The molecule has 1 aliphatic rings. The fraction of sp³-hybridized carbons (Fsp3) is 0.375. The molecule has 0 saturated carbocycles. The number of ether oxygens (including phenoxy) is 1. The molecule has 0 radical (unpaired) electrons. The Kier molecular flexibility index (Phi) is 3.75. The molecule has 0 aliphatic carbocycles. The van der Waals surface area contributed by atoms with E-state index in [1.807, 2.05) is 30.3 Å². The van der Waals surface area contributed by atoms with E-state index in [-0.39, 0.29) is 0 Å². The Morgan fingerprint density at radius 3 is 3.13 bits per heavy atom. The number of rotatable bonds is 4. The predicted molar refractivity (Wildman–Crippen MR) is 85.5 cm³/mol. The minimum atomic E-state index is 0.476. The number of nitrogens with zero attached hydrogens (tertiary/aromatic N) is 6. The predicted octanol–water partition coefficient (Wildman–Crippen LogP) is 1.81. The van der Waals surface area contributed by atoms with Crippen LogP contribution in [0.5, 0.6) is 5.88 Å². The summed E-state index contributed by atoms with van der Waals surface area (Å²) in [4.78, 5) is 6.50. The summed E-state index contributed by atoms with van der Waals surface area (Å²) < 4.78 is 7.52. The highest BCUT2D eigenvalue weighted by Gasteiger charge is 2.22. The van der Waals surface area contributed by atoms with Gasteiger partial charge in [0.15, 0.2) is 5.65 Å². The highest BCUT2D eigenvalue weighted by Crippen LogP contribution is 2.22. The van der Waals surface area contributed by atoms with Crippen molar-refractivity contribution in [2.45, 2.75) is 12.8 Å². The van der Waals surface area contributed by atoms with Crippen LogP contribution in [0.3, 0.4) is 0 Å². The van der Waals surface area contributed by atoms with Crippen LogP contribution in [-0.2, 0) is 0 Å². The van der Waals surface area contributed by atoms with Gasteiger partial charge in [0, 0.05) is 31.3 Å². The van der Waals surface area contributed by atoms with Gasteiger partial charge in [0.25, 0.3) is 0 Å². The quantitative estimate of drug-likeness (QED) is 0.732. The third-order valence-corrected chi connectivity index (χ3v) is 4.10. The van der Waals surface area contributed by atoms with E-state index in [4.69, 9.17) is 4.74 Å². The standard InChI is InChI=1S/C16H18N6O/c1-2-8-17-16(5-1)23-11-13-4-3-9-21(10-13)15-7-6-14-19-18-12-22(14)20-15/h1-2,5-8,12-13H,3-4,9-11H2. The second kappa shape index (κ2) is 6.20. The van der Waals surface area contributed by atoms with Crippen LogP contribution >= 0.6 is 0 Å². The van der Waals surface area contributed by atoms with E-state index in [9.17, 15) is 0 Å². The molecular formula is C16H18N6O. The molecule has 23 heavy (non-hydrogen) atoms. The van der Waals surface area contributed by atoms with Gasteiger partial charge in [-0.25, -0.2) is 4.98 Å². The second-order valence-corrected chi connectivity index (χ2v) is 5.76. The first-order chi connectivity index (χ1) is 11.4. The zero-order valence-electron chi connectivity index (χ0n) is 12.7. The summed E-state index contributed by atoms with van der Waals surface area (Å²) in [6, 6.07) is 9.67. The maximum Gasteiger partial charge on any atom is 0.213 e. The van der Waals surface area contributed by atoms with E-state index in [2.05, 4.69) is 25.2 Å². The molecule has 1 unspecified atom stereocenters. The van der Waals surface area contributed by atoms with Crippen molar-refractivity contribution in [3.05, 3.63) is 42.9 Å². The molecule has 4 heterocycles. The monoisotopic (exact) mass is 310 g/mol. The minimum absolute atomic E-state index is 0.476. The molecule has 3 aromatic rings. The van der Waals surface area contributed by atoms with Gasteiger partial charge in [0.2, 0.25) is 5.88 Å². The Labute approximate surface area is 133 Å². The number of aromatic nitrogens is 5. The molecule has 1 fully saturated rings. The van der Waals surface area contributed by atoms with E-state index >= 15 is 0 Å². The molecule has 0 aromatic carbocycles. The first-order valence-corrected chi connectivity index (χ1v) is 7.84. The number of hydrogen-bond acceptors (Lipinski definition) is 6. The highest BCUT2D eigenvalue weighted by molar-refractivity contribution is 5.45. The Bertz CT molecular complexity index is 774. The lowest BCUT2D eigenvalue weighted by atomic mass is 9.99. The van der Waals surface area contributed by atoms with Crippen LogP contribution < -0.4 is 9.64 Å². The van der Waals surface area contributed by atoms with Gasteiger partial charge in [-0.3, -0.25) is 0 Å². The lowest BCUT2D eigenvalue weighted by molar-refractivity contribution is 0.221. The zero-order chi connectivity index (χ0) is 15.5. The van der Waals surface area contributed by atoms with Crippen LogP contribution in [0.15, 0.2) is 42.9 Å². The first-order valence-electron chi connectivity index (χ1n) is 7.84. The zero-order valence-corrected chi connectivity index (χ0v) is 12.7. The molecule has 118 valence electrons. The van der Waals surface area contributed by atoms with Gasteiger partial charge < -0.3 is 9.64 Å². The third kappa shape index (κ3) is 3.08. The van der Waals surface area contributed by atoms with Crippen LogP contribution in [0.1, 0.15) is 12.8 Å². The summed E-state index contributed by atoms with van der Waals surface area (Å²) in [5.41, 5.74) is 0.765. The minimum Gasteiger partial charge on any atom is -0.477 e. The number of fused-ring (bicyclic) bond motifs is 1. The molecule has 0 N–H and O–H groups in total. The molecular weight excluding hydrogens is 292 g/mol. The first kappa shape index (κ1) is 13.9. The van der Waals surface area contributed by atoms with E-state index in [0.29, 0.717) is 18.4 Å². The lowest BCUT2D eigenvalue weighted by Crippen LogP contribution is -2.38. The third-order valence-electron chi connectivity index (χ3n) is 4.10. The summed E-state index contributed by atoms with van der Waals surface area (Å²) in [6.45, 7) is 2.64. The average Bonchev–Trinajstić information content (AvgIpc) is 3.09. The molecule has 0 amide bonds. The van der Waals surface area contributed by atoms with Crippen LogP contribution in [0.4, 0.5) is 5.82 Å². The normalized spacial score (nSPS) is 18.3. The van der Waals surface area contributed by atoms with Crippen LogP contribution in [0.2, 0.25) is 0 Å². The highest BCUT2D eigenvalue weighted by atomic mass is 16.5. The number of pyridine rings is 1. The molecule has 0 bridgehead atoms. The van der Waals surface area contributed by atoms with Crippen molar-refractivity contribution in [2.75, 3.05) is 24.6 Å². The number of hydrogen-bond donors (Lipinski definition) is 0. The van der Waals surface area contributed by atoms with E-state index in [1.54, 1.807) is 17.0 Å². The summed E-state index contributed by atoms with van der Waals surface area (Å²) >= 11 is 0. The van der Waals surface area contributed by atoms with E-state index in [1.165, 1.54) is 0 Å². The Hall–Kier alpha value is -2.70. The molecule has 1 aliphatic heterocycles. The molecule has 7 heteroatoms. The molecule has 1 saturated heterocycles. The molecule has 3 aromatic heterocycles. The van der Waals surface area contributed by atoms with Crippen LogP contribution in [0, 0.1) is 5.92 Å². The van der Waals surface area contributed by atoms with Crippen molar-refractivity contribution >= 4 is 11.5 Å². The smallest absolute Gasteiger partial charge is 0.213 e. The summed E-state index contributed by atoms with van der Waals surface area (Å²) in [6.07, 6.45) is 5.68. The van der Waals surface area contributed by atoms with E-state index in [0.717, 1.165) is 37.4 Å². The van der Waals surface area contributed by atoms with Crippen molar-refractivity contribution in [1.29, 1.82) is 0 Å². The SMILES string of the molecule is c1ccc(OCC2CCCN(c3ccc4nncn4n3)C2)nc1. The summed E-state index contributed by atoms with van der Waals surface area (Å²) in [7, 11) is 0. The molecule has 7 nitrogen and oxygen atoms in total. The molecule has 4 rings (SSSR count). The number of anilines is 1. The van der Waals surface area contributed by atoms with Crippen molar-refractivity contribution in [3.63, 3.8) is 0 Å². The van der Waals surface area contributed by atoms with Gasteiger partial charge >= 0.3 is 0 Å². The molecule has 0 spiro atoms. The number of piperidine rings is 1. The van der Waals surface area contributed by atoms with Gasteiger partial charge in [0.05, 0.1) is 6.61 Å². The van der Waals surface area contributed by atoms with Gasteiger partial charge in [-0.15, -0.1) is 15.3 Å². The van der Waals surface area contributed by atoms with Crippen molar-refractivity contribution in [3.8, 4) is 5.88 Å². The topological polar surface area (TPSA) is 68.4 Å². The summed E-state index contributed by atoms with van der Waals surface area (Å²) in [5.74, 6) is 2.12. The van der Waals surface area contributed by atoms with Crippen molar-refractivity contribution < 1.29 is 4.74 Å².